The van der Waals surface area contributed by atoms with Gasteiger partial charge >= 0.3 is 0 Å². The smallest absolute Gasteiger partial charge is 0.147 e. The third kappa shape index (κ3) is 3.43. The molecule has 2 aromatic rings. The van der Waals surface area contributed by atoms with E-state index in [9.17, 15) is 0 Å². The van der Waals surface area contributed by atoms with Gasteiger partial charge in [-0.3, -0.25) is 4.98 Å². The Hall–Kier alpha value is -2.14. The number of nitrogens with one attached hydrogen (secondary N) is 1. The maximum atomic E-state index is 5.56. The van der Waals surface area contributed by atoms with E-state index in [2.05, 4.69) is 21.4 Å². The molecule has 0 atom stereocenters. The van der Waals surface area contributed by atoms with Gasteiger partial charge in [0.2, 0.25) is 0 Å². The molecule has 0 radical (unpaired) electrons. The quantitative estimate of drug-likeness (QED) is 0.839. The van der Waals surface area contributed by atoms with Crippen LogP contribution in [-0.4, -0.2) is 17.1 Å². The molecule has 0 unspecified atom stereocenters. The predicted molar refractivity (Wildman–Crippen MR) is 70.9 cm³/mol. The molecule has 94 valence electrons. The number of nitrogen functional groups attached to an aromatic ring is 1. The van der Waals surface area contributed by atoms with Crippen molar-refractivity contribution in [3.8, 4) is 0 Å². The van der Waals surface area contributed by atoms with Crippen LogP contribution >= 0.6 is 0 Å². The van der Waals surface area contributed by atoms with E-state index in [1.54, 1.807) is 13.3 Å². The van der Waals surface area contributed by atoms with E-state index in [0.29, 0.717) is 24.8 Å². The van der Waals surface area contributed by atoms with Crippen molar-refractivity contribution in [1.82, 2.24) is 9.97 Å². The van der Waals surface area contributed by atoms with Gasteiger partial charge in [-0.25, -0.2) is 4.98 Å². The van der Waals surface area contributed by atoms with Gasteiger partial charge in [0, 0.05) is 13.7 Å². The molecule has 0 aliphatic heterocycles. The van der Waals surface area contributed by atoms with Crippen LogP contribution in [0.5, 0.6) is 0 Å². The molecule has 2 rings (SSSR count). The summed E-state index contributed by atoms with van der Waals surface area (Å²) in [6, 6.07) is 8.19. The Balaban J connectivity index is 1.99. The van der Waals surface area contributed by atoms with Crippen molar-refractivity contribution in [2.45, 2.75) is 13.2 Å². The lowest BCUT2D eigenvalue weighted by molar-refractivity contribution is 0.185. The monoisotopic (exact) mass is 244 g/mol. The van der Waals surface area contributed by atoms with Gasteiger partial charge in [0.05, 0.1) is 19.0 Å². The Morgan fingerprint density at radius 2 is 2.11 bits per heavy atom. The van der Waals surface area contributed by atoms with Gasteiger partial charge in [-0.1, -0.05) is 24.3 Å². The molecule has 0 amide bonds. The fourth-order valence-electron chi connectivity index (χ4n) is 1.65. The average Bonchev–Trinajstić information content (AvgIpc) is 2.37. The molecule has 0 bridgehead atoms. The van der Waals surface area contributed by atoms with Crippen LogP contribution < -0.4 is 11.1 Å². The summed E-state index contributed by atoms with van der Waals surface area (Å²) < 4.78 is 5.10. The van der Waals surface area contributed by atoms with Crippen molar-refractivity contribution in [3.63, 3.8) is 0 Å². The number of nitrogens with zero attached hydrogens (tertiary/aromatic N) is 2. The molecule has 1 aromatic heterocycles. The highest BCUT2D eigenvalue weighted by Gasteiger charge is 1.98. The number of methoxy groups -OCH3 is 1. The molecule has 18 heavy (non-hydrogen) atoms. The van der Waals surface area contributed by atoms with Crippen LogP contribution in [0.3, 0.4) is 0 Å². The maximum absolute atomic E-state index is 5.56. The first-order valence-electron chi connectivity index (χ1n) is 5.66. The number of aromatic nitrogens is 2. The second-order valence-electron chi connectivity index (χ2n) is 3.94. The molecule has 0 aliphatic carbocycles. The minimum atomic E-state index is 0.410. The van der Waals surface area contributed by atoms with E-state index >= 15 is 0 Å². The number of hydrogen-bond acceptors (Lipinski definition) is 5. The highest BCUT2D eigenvalue weighted by atomic mass is 16.5. The van der Waals surface area contributed by atoms with Crippen molar-refractivity contribution < 1.29 is 4.74 Å². The summed E-state index contributed by atoms with van der Waals surface area (Å²) in [7, 11) is 1.69. The van der Waals surface area contributed by atoms with Crippen molar-refractivity contribution in [3.05, 3.63) is 47.8 Å². The van der Waals surface area contributed by atoms with Crippen LogP contribution in [0, 0.1) is 0 Å². The number of ether oxygens (including phenoxy) is 1. The number of nitrogens with two attached hydrogens (primary N) is 1. The summed E-state index contributed by atoms with van der Waals surface area (Å²) >= 11 is 0. The average molecular weight is 244 g/mol. The predicted octanol–water partition coefficient (Wildman–Crippen LogP) is 1.82. The topological polar surface area (TPSA) is 73.1 Å². The van der Waals surface area contributed by atoms with Crippen molar-refractivity contribution in [2.75, 3.05) is 18.2 Å². The minimum Gasteiger partial charge on any atom is -0.382 e. The van der Waals surface area contributed by atoms with Crippen LogP contribution in [0.25, 0.3) is 0 Å². The second kappa shape index (κ2) is 5.97. The Morgan fingerprint density at radius 3 is 2.89 bits per heavy atom. The van der Waals surface area contributed by atoms with Crippen molar-refractivity contribution in [1.29, 1.82) is 0 Å². The second-order valence-corrected chi connectivity index (χ2v) is 3.94. The first-order chi connectivity index (χ1) is 8.78. The normalized spacial score (nSPS) is 10.3. The molecule has 0 fully saturated rings. The van der Waals surface area contributed by atoms with Gasteiger partial charge < -0.3 is 15.8 Å². The summed E-state index contributed by atoms with van der Waals surface area (Å²) in [5.74, 6) is 1.08. The summed E-state index contributed by atoms with van der Waals surface area (Å²) in [6.07, 6.45) is 3.17. The van der Waals surface area contributed by atoms with Crippen molar-refractivity contribution in [2.24, 2.45) is 0 Å². The maximum Gasteiger partial charge on any atom is 0.147 e. The zero-order valence-electron chi connectivity index (χ0n) is 10.3. The van der Waals surface area contributed by atoms with E-state index in [1.807, 2.05) is 18.2 Å². The SMILES string of the molecule is COCc1cccc(CNc2cncc(N)n2)c1. The fraction of sp³-hybridized carbons (Fsp3) is 0.231. The highest BCUT2D eigenvalue weighted by Crippen LogP contribution is 2.09. The molecule has 5 heteroatoms. The molecule has 5 nitrogen and oxygen atoms in total. The molecular weight excluding hydrogens is 228 g/mol. The zero-order chi connectivity index (χ0) is 12.8. The van der Waals surface area contributed by atoms with Gasteiger partial charge in [-0.15, -0.1) is 0 Å². The van der Waals surface area contributed by atoms with E-state index in [4.69, 9.17) is 10.5 Å². The third-order valence-electron chi connectivity index (χ3n) is 2.43. The number of anilines is 2. The first kappa shape index (κ1) is 12.3. The van der Waals surface area contributed by atoms with Gasteiger partial charge in [0.1, 0.15) is 11.6 Å². The van der Waals surface area contributed by atoms with Crippen LogP contribution in [0.4, 0.5) is 11.6 Å². The Kier molecular flexibility index (Phi) is 4.09. The largest absolute Gasteiger partial charge is 0.382 e. The lowest BCUT2D eigenvalue weighted by Gasteiger charge is -2.07. The van der Waals surface area contributed by atoms with Gasteiger partial charge in [-0.05, 0) is 11.1 Å². The summed E-state index contributed by atoms with van der Waals surface area (Å²) in [4.78, 5) is 8.10. The summed E-state index contributed by atoms with van der Waals surface area (Å²) in [6.45, 7) is 1.29. The lowest BCUT2D eigenvalue weighted by Crippen LogP contribution is -2.04. The van der Waals surface area contributed by atoms with Crippen LogP contribution in [0.2, 0.25) is 0 Å². The number of benzene rings is 1. The molecule has 3 N–H and O–H groups in total. The summed E-state index contributed by atoms with van der Waals surface area (Å²) in [5.41, 5.74) is 7.87. The van der Waals surface area contributed by atoms with E-state index in [-0.39, 0.29) is 0 Å². The lowest BCUT2D eigenvalue weighted by atomic mass is 10.1. The number of hydrogen-bond donors (Lipinski definition) is 2. The van der Waals surface area contributed by atoms with E-state index in [0.717, 1.165) is 11.1 Å². The minimum absolute atomic E-state index is 0.410. The molecule has 0 aliphatic rings. The summed E-state index contributed by atoms with van der Waals surface area (Å²) in [5, 5.41) is 3.18. The Bertz CT molecular complexity index is 516. The van der Waals surface area contributed by atoms with Gasteiger partial charge in [0.25, 0.3) is 0 Å². The molecule has 0 saturated carbocycles. The van der Waals surface area contributed by atoms with Crippen LogP contribution in [-0.2, 0) is 17.9 Å². The third-order valence-corrected chi connectivity index (χ3v) is 2.43. The van der Waals surface area contributed by atoms with Gasteiger partial charge in [-0.2, -0.15) is 0 Å². The highest BCUT2D eigenvalue weighted by molar-refractivity contribution is 5.39. The fourth-order valence-corrected chi connectivity index (χ4v) is 1.65. The molecular formula is C13H16N4O. The first-order valence-corrected chi connectivity index (χ1v) is 5.66. The Labute approximate surface area is 106 Å². The molecule has 0 saturated heterocycles. The van der Waals surface area contributed by atoms with E-state index < -0.39 is 0 Å². The zero-order valence-corrected chi connectivity index (χ0v) is 10.3. The molecule has 1 aromatic carbocycles. The van der Waals surface area contributed by atoms with Crippen LogP contribution in [0.1, 0.15) is 11.1 Å². The van der Waals surface area contributed by atoms with Crippen molar-refractivity contribution >= 4 is 11.6 Å². The Morgan fingerprint density at radius 1 is 1.28 bits per heavy atom. The van der Waals surface area contributed by atoms with Gasteiger partial charge in [0.15, 0.2) is 0 Å². The van der Waals surface area contributed by atoms with E-state index in [1.165, 1.54) is 6.20 Å². The molecule has 1 heterocycles. The standard InChI is InChI=1S/C13H16N4O/c1-18-9-11-4-2-3-10(5-11)6-16-13-8-15-7-12(14)17-13/h2-5,7-8H,6,9H2,1H3,(H3,14,16,17). The number of rotatable bonds is 5. The van der Waals surface area contributed by atoms with Crippen LogP contribution in [0.15, 0.2) is 36.7 Å². The molecule has 0 spiro atoms.